The van der Waals surface area contributed by atoms with Gasteiger partial charge in [0.1, 0.15) is 60.7 Å². The molecule has 35 nitrogen and oxygen atoms in total. The molecule has 6 N–H and O–H groups in total. The minimum absolute atomic E-state index is 0. The van der Waals surface area contributed by atoms with Gasteiger partial charge in [-0.05, 0) is 109 Å². The molecule has 0 saturated heterocycles. The van der Waals surface area contributed by atoms with Crippen molar-refractivity contribution in [2.45, 2.75) is 39.2 Å². The molecule has 0 atom stereocenters. The summed E-state index contributed by atoms with van der Waals surface area (Å²) in [5, 5.41) is 39.8. The van der Waals surface area contributed by atoms with Crippen LogP contribution in [0.25, 0.3) is 0 Å². The van der Waals surface area contributed by atoms with Gasteiger partial charge in [0.15, 0.2) is 0 Å². The number of hydrogen-bond donors (Lipinski definition) is 6. The summed E-state index contributed by atoms with van der Waals surface area (Å²) in [4.78, 5) is 61.1. The number of carbonyl (C=O) groups is 5. The van der Waals surface area contributed by atoms with Crippen LogP contribution in [0.5, 0.6) is 0 Å². The Labute approximate surface area is 706 Å². The van der Waals surface area contributed by atoms with Gasteiger partial charge >= 0.3 is 242 Å². The van der Waals surface area contributed by atoms with Gasteiger partial charge in [-0.1, -0.05) is 0 Å². The molecule has 0 fully saturated rings. The van der Waals surface area contributed by atoms with Crippen LogP contribution in [0, 0.1) is 0 Å². The van der Waals surface area contributed by atoms with Crippen LogP contribution in [-0.4, -0.2) is 107 Å². The monoisotopic (exact) mass is 1500 g/mol. The molecule has 92 heavy (non-hydrogen) atoms. The first-order chi connectivity index (χ1) is 38.8. The van der Waals surface area contributed by atoms with Gasteiger partial charge < -0.3 is 69.7 Å². The Morgan fingerprint density at radius 3 is 0.924 bits per heavy atom. The molecule has 6 rings (SSSR count). The second-order valence-electron chi connectivity index (χ2n) is 15.8. The van der Waals surface area contributed by atoms with Crippen molar-refractivity contribution in [2.24, 2.45) is 0 Å². The molecule has 0 bridgehead atoms. The Kier molecular flexibility index (Phi) is 42.8. The van der Waals surface area contributed by atoms with Gasteiger partial charge in [0.05, 0.1) is 81.1 Å². The average molecular weight is 1510 g/mol. The third kappa shape index (κ3) is 28.1. The molecule has 0 aliphatic carbocycles. The number of urea groups is 1. The van der Waals surface area contributed by atoms with Crippen molar-refractivity contribution in [3.63, 3.8) is 0 Å². The molecule has 0 aromatic heterocycles. The summed E-state index contributed by atoms with van der Waals surface area (Å²) in [6.07, 6.45) is 0. The summed E-state index contributed by atoms with van der Waals surface area (Å²) in [5.41, 5.74) is -7.45. The Morgan fingerprint density at radius 1 is 0.326 bits per heavy atom. The fourth-order valence-corrected chi connectivity index (χ4v) is 11.4. The number of benzene rings is 6. The quantitative estimate of drug-likeness (QED) is 0.0121. The van der Waals surface area contributed by atoms with Gasteiger partial charge in [-0.25, -0.2) is 55.3 Å². The average Bonchev–Trinajstić information content (AvgIpc) is 0.889. The summed E-state index contributed by atoms with van der Waals surface area (Å²) in [6.45, 7) is 0. The molecule has 6 aromatic rings. The fraction of sp³-hybridized carbons (Fsp3) is 0. The van der Waals surface area contributed by atoms with E-state index in [1.54, 1.807) is 0 Å². The Morgan fingerprint density at radius 2 is 0.609 bits per heavy atom. The molecule has 6 aromatic carbocycles. The summed E-state index contributed by atoms with van der Waals surface area (Å²) >= 11 is 0.118. The maximum absolute atomic E-state index is 13.9. The smallest absolute Gasteiger partial charge is 0.744 e. The molecule has 0 aliphatic rings. The first-order valence-electron chi connectivity index (χ1n) is 21.1. The van der Waals surface area contributed by atoms with Crippen LogP contribution in [0.3, 0.4) is 0 Å². The van der Waals surface area contributed by atoms with Crippen LogP contribution < -0.4 is 279 Å². The maximum Gasteiger partial charge on any atom is 1.00 e. The fourth-order valence-electron chi connectivity index (χ4n) is 6.73. The standard InChI is InChI=1S/C41H32N6O29S8.8Na/c48-37(44-29-6-2-26(79(55,56)57)16-33(29)78-76-74-54)19-9-20(38(49)45-30-5-1-25(77-75-73-53)15-34(30)82(64,65)66)12-23(11-19)42-41(52)43-24-13-21(39(50)46-31-7-3-27(80(58,59)60)17-35(31)83(67,68)69)10-22(14-24)40(51)47-32-8-4-28(81(61,62)63)18-36(32)84(70,71)72;;;;;;;;/h1-18,53-54H,(H,44,48)(H,45,49)(H,46,50)(H,47,51)(H2,42,43,52)(H,55,56,57)(H,58,59,60)(H,61,62,63)(H,64,65,66)(H,67,68,69)(H,70,71,72);;;;;;;;/q;8*+1/p-8. The number of rotatable bonds is 22. The number of nitrogens with one attached hydrogen (secondary N) is 6. The number of carbonyl (C=O) groups excluding carboxylic acids is 5. The van der Waals surface area contributed by atoms with Gasteiger partial charge in [-0.15, -0.1) is 0 Å². The van der Waals surface area contributed by atoms with Crippen molar-refractivity contribution in [1.29, 1.82) is 0 Å². The van der Waals surface area contributed by atoms with E-state index in [1.807, 2.05) is 10.6 Å². The van der Waals surface area contributed by atoms with E-state index in [0.29, 0.717) is 60.7 Å². The summed E-state index contributed by atoms with van der Waals surface area (Å²) < 4.78 is 223. The number of hydrogen-bond acceptors (Lipinski definition) is 31. The first kappa shape index (κ1) is 96.6. The molecule has 0 unspecified atom stereocenters. The minimum atomic E-state index is -5.74. The first-order valence-corrected chi connectivity index (χ1v) is 31.0. The van der Waals surface area contributed by atoms with Crippen LogP contribution in [-0.2, 0) is 79.5 Å². The predicted octanol–water partition coefficient (Wildman–Crippen LogP) is -23.7. The van der Waals surface area contributed by atoms with E-state index in [2.05, 4.69) is 40.0 Å². The Hall–Kier alpha value is 0.390. The zero-order valence-electron chi connectivity index (χ0n) is 48.0. The van der Waals surface area contributed by atoms with E-state index in [4.69, 9.17) is 0 Å². The maximum atomic E-state index is 13.9. The molecule has 6 amide bonds. The summed E-state index contributed by atoms with van der Waals surface area (Å²) in [5.74, 6) is -5.71. The number of anilines is 6. The van der Waals surface area contributed by atoms with E-state index in [-0.39, 0.29) is 278 Å². The van der Waals surface area contributed by atoms with Crippen LogP contribution in [0.1, 0.15) is 41.4 Å². The number of amides is 6. The zero-order chi connectivity index (χ0) is 62.5. The van der Waals surface area contributed by atoms with E-state index < -0.39 is 181 Å². The molecule has 51 heteroatoms. The van der Waals surface area contributed by atoms with Crippen molar-refractivity contribution in [3.8, 4) is 0 Å². The van der Waals surface area contributed by atoms with Crippen molar-refractivity contribution in [1.82, 2.24) is 0 Å². The van der Waals surface area contributed by atoms with E-state index in [1.165, 1.54) is 0 Å². The largest absolute Gasteiger partial charge is 1.00 e. The Balaban J connectivity index is -0.00000990. The summed E-state index contributed by atoms with van der Waals surface area (Å²) in [7, 11) is -33.0. The van der Waals surface area contributed by atoms with Crippen molar-refractivity contribution < 1.29 is 368 Å². The second-order valence-corrected chi connectivity index (χ2v) is 25.5. The molecule has 0 saturated carbocycles. The van der Waals surface area contributed by atoms with Crippen LogP contribution in [0.15, 0.2) is 148 Å². The molecule has 0 aliphatic heterocycles. The Bertz CT molecular complexity index is 4310. The molecular formula is C41H24N6Na8O29S8. The second kappa shape index (κ2) is 40.7. The van der Waals surface area contributed by atoms with Crippen LogP contribution >= 0.6 is 24.1 Å². The zero-order valence-corrected chi connectivity index (χ0v) is 70.5. The molecule has 0 radical (unpaired) electrons. The normalized spacial score (nSPS) is 11.1. The van der Waals surface area contributed by atoms with Gasteiger partial charge in [0.25, 0.3) is 23.6 Å². The van der Waals surface area contributed by atoms with Crippen molar-refractivity contribution >= 4 is 149 Å². The van der Waals surface area contributed by atoms with E-state index in [0.717, 1.165) is 36.4 Å². The third-order valence-corrected chi connectivity index (χ3v) is 16.6. The van der Waals surface area contributed by atoms with Gasteiger partial charge in [0, 0.05) is 38.5 Å². The van der Waals surface area contributed by atoms with Gasteiger partial charge in [-0.3, -0.25) is 29.3 Å². The third-order valence-electron chi connectivity index (χ3n) is 10.2. The topological polar surface area (TPSA) is 584 Å². The molecule has 0 heterocycles. The molecule has 0 spiro atoms. The van der Waals surface area contributed by atoms with Crippen LogP contribution in [0.2, 0.25) is 0 Å². The van der Waals surface area contributed by atoms with Crippen LogP contribution in [0.4, 0.5) is 38.9 Å². The van der Waals surface area contributed by atoms with E-state index >= 15 is 0 Å². The minimum Gasteiger partial charge on any atom is -0.744 e. The SMILES string of the molecule is O=C(Nc1cc(C(=O)Nc2ccc(S(=O)(=O)[O-])cc2SOO[O-])cc(C(=O)Nc2ccc(SOO[O-])cc2S(=O)(=O)[O-])c1)Nc1cc(C(=O)Nc2ccc(S(=O)(=O)[O-])cc2S(=O)(=O)[O-])cc(C(=O)Nc2ccc(S(=O)(=O)[O-])cc2S(=O)(=O)[O-])c1.[Na+].[Na+].[Na+].[Na+].[Na+].[Na+].[Na+].[Na+]. The van der Waals surface area contributed by atoms with Gasteiger partial charge in [-0.2, -0.15) is 8.67 Å². The van der Waals surface area contributed by atoms with Crippen molar-refractivity contribution in [2.75, 3.05) is 31.9 Å². The van der Waals surface area contributed by atoms with E-state index in [9.17, 15) is 112 Å². The summed E-state index contributed by atoms with van der Waals surface area (Å²) in [6, 6.07) is 9.69. The predicted molar refractivity (Wildman–Crippen MR) is 267 cm³/mol. The van der Waals surface area contributed by atoms with Gasteiger partial charge in [0.2, 0.25) is 0 Å². The van der Waals surface area contributed by atoms with Crippen molar-refractivity contribution in [3.05, 3.63) is 131 Å². The molecular weight excluding hydrogens is 1480 g/mol. The molecule has 448 valence electrons.